The summed E-state index contributed by atoms with van der Waals surface area (Å²) in [5.41, 5.74) is 1.56. The first-order valence-corrected chi connectivity index (χ1v) is 6.42. The highest BCUT2D eigenvalue weighted by Crippen LogP contribution is 2.22. The number of ether oxygens (including phenoxy) is 1. The molecule has 0 bridgehead atoms. The summed E-state index contributed by atoms with van der Waals surface area (Å²) >= 11 is 1.64. The molecule has 5 heteroatoms. The third kappa shape index (κ3) is 3.45. The molecule has 1 heterocycles. The zero-order valence-corrected chi connectivity index (χ0v) is 10.8. The number of carbonyl (C=O) groups excluding carboxylic acids is 1. The van der Waals surface area contributed by atoms with Crippen LogP contribution in [-0.4, -0.2) is 18.6 Å². The standard InChI is InChI=1S/C13H13NO3S/c1-16-8-12-6-11(14-17-12)9-18-13-4-2-10(7-15)3-5-13/h2-7H,8-9H2,1H3. The number of hydrogen-bond acceptors (Lipinski definition) is 5. The molecule has 0 saturated heterocycles. The fourth-order valence-electron chi connectivity index (χ4n) is 1.43. The van der Waals surface area contributed by atoms with E-state index in [0.717, 1.165) is 28.4 Å². The number of hydrogen-bond donors (Lipinski definition) is 0. The molecule has 0 fully saturated rings. The Bertz CT molecular complexity index is 507. The van der Waals surface area contributed by atoms with Gasteiger partial charge in [-0.25, -0.2) is 0 Å². The Kier molecular flexibility index (Phi) is 4.55. The van der Waals surface area contributed by atoms with Gasteiger partial charge >= 0.3 is 0 Å². The minimum absolute atomic E-state index is 0.436. The minimum atomic E-state index is 0.436. The number of methoxy groups -OCH3 is 1. The van der Waals surface area contributed by atoms with E-state index in [1.807, 2.05) is 18.2 Å². The normalized spacial score (nSPS) is 10.5. The van der Waals surface area contributed by atoms with Crippen LogP contribution in [0.1, 0.15) is 21.8 Å². The Hall–Kier alpha value is -1.59. The maximum atomic E-state index is 10.5. The van der Waals surface area contributed by atoms with Crippen LogP contribution in [0.25, 0.3) is 0 Å². The molecule has 0 radical (unpaired) electrons. The van der Waals surface area contributed by atoms with E-state index >= 15 is 0 Å². The molecule has 0 saturated carbocycles. The fraction of sp³-hybridized carbons (Fsp3) is 0.231. The molecule has 0 amide bonds. The molecule has 0 atom stereocenters. The van der Waals surface area contributed by atoms with Crippen LogP contribution in [0.15, 0.2) is 39.8 Å². The smallest absolute Gasteiger partial charge is 0.162 e. The first-order chi connectivity index (χ1) is 8.81. The molecule has 0 spiro atoms. The van der Waals surface area contributed by atoms with E-state index in [0.29, 0.717) is 12.2 Å². The monoisotopic (exact) mass is 263 g/mol. The Labute approximate surface area is 109 Å². The van der Waals surface area contributed by atoms with Crippen LogP contribution in [0.3, 0.4) is 0 Å². The number of aromatic nitrogens is 1. The summed E-state index contributed by atoms with van der Waals surface area (Å²) in [6.45, 7) is 0.436. The zero-order chi connectivity index (χ0) is 12.8. The van der Waals surface area contributed by atoms with E-state index < -0.39 is 0 Å². The van der Waals surface area contributed by atoms with Gasteiger partial charge in [0.15, 0.2) is 5.76 Å². The first-order valence-electron chi connectivity index (χ1n) is 5.43. The van der Waals surface area contributed by atoms with Gasteiger partial charge < -0.3 is 9.26 Å². The Morgan fingerprint density at radius 2 is 2.17 bits per heavy atom. The van der Waals surface area contributed by atoms with Crippen molar-refractivity contribution in [1.82, 2.24) is 5.16 Å². The summed E-state index contributed by atoms with van der Waals surface area (Å²) in [4.78, 5) is 11.6. The van der Waals surface area contributed by atoms with Gasteiger partial charge in [-0.15, -0.1) is 11.8 Å². The highest BCUT2D eigenvalue weighted by atomic mass is 32.2. The molecule has 4 nitrogen and oxygen atoms in total. The summed E-state index contributed by atoms with van der Waals surface area (Å²) in [6, 6.07) is 9.33. The minimum Gasteiger partial charge on any atom is -0.377 e. The fourth-order valence-corrected chi connectivity index (χ4v) is 2.21. The van der Waals surface area contributed by atoms with Gasteiger partial charge in [0.05, 0.1) is 5.69 Å². The molecular weight excluding hydrogens is 250 g/mol. The molecule has 94 valence electrons. The SMILES string of the molecule is COCc1cc(CSc2ccc(C=O)cc2)no1. The second kappa shape index (κ2) is 6.37. The van der Waals surface area contributed by atoms with E-state index in [2.05, 4.69) is 5.16 Å². The molecule has 0 N–H and O–H groups in total. The van der Waals surface area contributed by atoms with Crippen molar-refractivity contribution in [3.05, 3.63) is 47.3 Å². The highest BCUT2D eigenvalue weighted by Gasteiger charge is 2.04. The van der Waals surface area contributed by atoms with Crippen molar-refractivity contribution in [3.8, 4) is 0 Å². The molecule has 18 heavy (non-hydrogen) atoms. The largest absolute Gasteiger partial charge is 0.377 e. The number of rotatable bonds is 6. The van der Waals surface area contributed by atoms with E-state index in [4.69, 9.17) is 9.26 Å². The average molecular weight is 263 g/mol. The lowest BCUT2D eigenvalue weighted by molar-refractivity contribution is 0.112. The molecule has 2 aromatic rings. The van der Waals surface area contributed by atoms with Crippen molar-refractivity contribution in [1.29, 1.82) is 0 Å². The number of thioether (sulfide) groups is 1. The van der Waals surface area contributed by atoms with Crippen LogP contribution in [0.5, 0.6) is 0 Å². The van der Waals surface area contributed by atoms with Gasteiger partial charge in [0.25, 0.3) is 0 Å². The van der Waals surface area contributed by atoms with Crippen molar-refractivity contribution >= 4 is 18.0 Å². The van der Waals surface area contributed by atoms with E-state index in [9.17, 15) is 4.79 Å². The van der Waals surface area contributed by atoms with Crippen LogP contribution >= 0.6 is 11.8 Å². The Morgan fingerprint density at radius 1 is 1.39 bits per heavy atom. The van der Waals surface area contributed by atoms with Gasteiger partial charge in [-0.3, -0.25) is 4.79 Å². The number of aldehydes is 1. The predicted molar refractivity (Wildman–Crippen MR) is 68.6 cm³/mol. The summed E-state index contributed by atoms with van der Waals surface area (Å²) in [5.74, 6) is 1.46. The van der Waals surface area contributed by atoms with Crippen LogP contribution in [0.4, 0.5) is 0 Å². The van der Waals surface area contributed by atoms with Gasteiger partial charge in [0, 0.05) is 29.4 Å². The lowest BCUT2D eigenvalue weighted by atomic mass is 10.2. The lowest BCUT2D eigenvalue weighted by Crippen LogP contribution is -1.83. The van der Waals surface area contributed by atoms with Crippen LogP contribution in [0.2, 0.25) is 0 Å². The third-order valence-corrected chi connectivity index (χ3v) is 3.34. The maximum Gasteiger partial charge on any atom is 0.162 e. The zero-order valence-electron chi connectivity index (χ0n) is 9.96. The van der Waals surface area contributed by atoms with E-state index in [-0.39, 0.29) is 0 Å². The molecule has 0 aliphatic carbocycles. The quantitative estimate of drug-likeness (QED) is 0.592. The highest BCUT2D eigenvalue weighted by molar-refractivity contribution is 7.98. The summed E-state index contributed by atoms with van der Waals surface area (Å²) in [7, 11) is 1.62. The Balaban J connectivity index is 1.91. The number of benzene rings is 1. The number of carbonyl (C=O) groups is 1. The van der Waals surface area contributed by atoms with Gasteiger partial charge in [-0.05, 0) is 12.1 Å². The second-order valence-corrected chi connectivity index (χ2v) is 4.74. The molecular formula is C13H13NO3S. The summed E-state index contributed by atoms with van der Waals surface area (Å²) in [6.07, 6.45) is 0.836. The predicted octanol–water partition coefficient (Wildman–Crippen LogP) is 2.93. The van der Waals surface area contributed by atoms with Crippen LogP contribution in [-0.2, 0) is 17.1 Å². The topological polar surface area (TPSA) is 52.3 Å². The molecule has 1 aromatic carbocycles. The third-order valence-electron chi connectivity index (χ3n) is 2.30. The molecule has 0 unspecified atom stereocenters. The Morgan fingerprint density at radius 3 is 2.83 bits per heavy atom. The van der Waals surface area contributed by atoms with Crippen molar-refractivity contribution in [2.75, 3.05) is 7.11 Å². The van der Waals surface area contributed by atoms with Gasteiger partial charge in [-0.2, -0.15) is 0 Å². The number of nitrogens with zero attached hydrogens (tertiary/aromatic N) is 1. The van der Waals surface area contributed by atoms with Crippen molar-refractivity contribution in [2.45, 2.75) is 17.3 Å². The van der Waals surface area contributed by atoms with E-state index in [1.54, 1.807) is 31.0 Å². The molecule has 2 rings (SSSR count). The summed E-state index contributed by atoms with van der Waals surface area (Å²) < 4.78 is 10.1. The molecule has 0 aliphatic rings. The molecule has 1 aromatic heterocycles. The van der Waals surface area contributed by atoms with Crippen LogP contribution < -0.4 is 0 Å². The van der Waals surface area contributed by atoms with Crippen molar-refractivity contribution in [3.63, 3.8) is 0 Å². The second-order valence-electron chi connectivity index (χ2n) is 3.69. The van der Waals surface area contributed by atoms with Gasteiger partial charge in [0.2, 0.25) is 0 Å². The molecule has 0 aliphatic heterocycles. The van der Waals surface area contributed by atoms with Gasteiger partial charge in [0.1, 0.15) is 12.9 Å². The van der Waals surface area contributed by atoms with Gasteiger partial charge in [-0.1, -0.05) is 17.3 Å². The first kappa shape index (κ1) is 12.9. The van der Waals surface area contributed by atoms with Crippen LogP contribution in [0, 0.1) is 0 Å². The van der Waals surface area contributed by atoms with Crippen molar-refractivity contribution < 1.29 is 14.1 Å². The van der Waals surface area contributed by atoms with E-state index in [1.165, 1.54) is 0 Å². The maximum absolute atomic E-state index is 10.5. The summed E-state index contributed by atoms with van der Waals surface area (Å²) in [5, 5.41) is 3.95. The average Bonchev–Trinajstić information content (AvgIpc) is 2.85. The lowest BCUT2D eigenvalue weighted by Gasteiger charge is -1.98. The van der Waals surface area contributed by atoms with Crippen molar-refractivity contribution in [2.24, 2.45) is 0 Å².